The van der Waals surface area contributed by atoms with E-state index < -0.39 is 0 Å². The van der Waals surface area contributed by atoms with Crippen molar-refractivity contribution in [1.29, 1.82) is 0 Å². The van der Waals surface area contributed by atoms with Crippen molar-refractivity contribution in [2.45, 2.75) is 0 Å². The Labute approximate surface area is 110 Å². The van der Waals surface area contributed by atoms with Gasteiger partial charge in [-0.1, -0.05) is 58.0 Å². The molecule has 0 unspecified atom stereocenters. The average molecular weight is 347 g/mol. The highest BCUT2D eigenvalue weighted by molar-refractivity contribution is 8.93. The molecule has 1 nitrogen and oxygen atoms in total. The number of hydrogen-bond acceptors (Lipinski definition) is 1. The van der Waals surface area contributed by atoms with Crippen LogP contribution in [0.2, 0.25) is 25.1 Å². The Balaban J connectivity index is 0.00000144. The average Bonchev–Trinajstić information content (AvgIpc) is 2.08. The molecule has 0 spiro atoms. The standard InChI is InChI=1S/C6HCl5O.BrH/c7-1-2(8)4(10)6(12)5(11)3(1)9;/h12H;1H. The molecule has 0 amide bonds. The Morgan fingerprint density at radius 3 is 1.15 bits per heavy atom. The monoisotopic (exact) mass is 344 g/mol. The van der Waals surface area contributed by atoms with Gasteiger partial charge in [-0.15, -0.1) is 17.0 Å². The number of hydrogen-bond donors (Lipinski definition) is 1. The highest BCUT2D eigenvalue weighted by Gasteiger charge is 2.17. The van der Waals surface area contributed by atoms with Crippen molar-refractivity contribution in [2.24, 2.45) is 0 Å². The van der Waals surface area contributed by atoms with E-state index in [1.807, 2.05) is 0 Å². The first kappa shape index (κ1) is 13.9. The molecule has 13 heavy (non-hydrogen) atoms. The summed E-state index contributed by atoms with van der Waals surface area (Å²) in [6.45, 7) is 0. The molecule has 7 heteroatoms. The zero-order valence-electron chi connectivity index (χ0n) is 5.75. The zero-order chi connectivity index (χ0) is 9.46. The quantitative estimate of drug-likeness (QED) is 0.503. The lowest BCUT2D eigenvalue weighted by Crippen LogP contribution is -1.78. The lowest BCUT2D eigenvalue weighted by Gasteiger charge is -2.06. The smallest absolute Gasteiger partial charge is 0.155 e. The lowest BCUT2D eigenvalue weighted by molar-refractivity contribution is 0.476. The van der Waals surface area contributed by atoms with Crippen LogP contribution in [-0.2, 0) is 0 Å². The molecule has 0 saturated heterocycles. The highest BCUT2D eigenvalue weighted by Crippen LogP contribution is 2.47. The summed E-state index contributed by atoms with van der Waals surface area (Å²) < 4.78 is 0. The van der Waals surface area contributed by atoms with Crippen LogP contribution in [0.15, 0.2) is 0 Å². The van der Waals surface area contributed by atoms with Crippen molar-refractivity contribution in [3.05, 3.63) is 25.1 Å². The third-order valence-corrected chi connectivity index (χ3v) is 3.44. The maximum absolute atomic E-state index is 9.20. The minimum absolute atomic E-state index is 0. The van der Waals surface area contributed by atoms with Crippen molar-refractivity contribution < 1.29 is 5.11 Å². The Morgan fingerprint density at radius 1 is 0.615 bits per heavy atom. The van der Waals surface area contributed by atoms with Gasteiger partial charge in [0.15, 0.2) is 5.75 Å². The van der Waals surface area contributed by atoms with Gasteiger partial charge in [0.1, 0.15) is 10.0 Å². The molecule has 0 bridgehead atoms. The second-order valence-corrected chi connectivity index (χ2v) is 3.81. The Bertz CT molecular complexity index is 235. The molecule has 1 aromatic carbocycles. The van der Waals surface area contributed by atoms with E-state index in [0.717, 1.165) is 0 Å². The zero-order valence-corrected chi connectivity index (χ0v) is 11.2. The third-order valence-electron chi connectivity index (χ3n) is 1.19. The summed E-state index contributed by atoms with van der Waals surface area (Å²) in [5.74, 6) is -0.363. The van der Waals surface area contributed by atoms with Gasteiger partial charge in [-0.05, 0) is 0 Å². The van der Waals surface area contributed by atoms with Crippen molar-refractivity contribution >= 4 is 75.0 Å². The van der Waals surface area contributed by atoms with E-state index >= 15 is 0 Å². The van der Waals surface area contributed by atoms with Crippen molar-refractivity contribution in [1.82, 2.24) is 0 Å². The van der Waals surface area contributed by atoms with Gasteiger partial charge < -0.3 is 5.11 Å². The SMILES string of the molecule is Br.Oc1c(Cl)c(Cl)c(Cl)c(Cl)c1Cl. The van der Waals surface area contributed by atoms with Crippen molar-refractivity contribution in [2.75, 3.05) is 0 Å². The first-order valence-electron chi connectivity index (χ1n) is 2.67. The van der Waals surface area contributed by atoms with Crippen LogP contribution in [-0.4, -0.2) is 5.11 Å². The summed E-state index contributed by atoms with van der Waals surface area (Å²) >= 11 is 27.9. The third kappa shape index (κ3) is 2.49. The molecule has 0 aliphatic rings. The normalized spacial score (nSPS) is 9.62. The highest BCUT2D eigenvalue weighted by atomic mass is 79.9. The first-order valence-corrected chi connectivity index (χ1v) is 4.56. The molecule has 1 N–H and O–H groups in total. The number of halogens is 6. The van der Waals surface area contributed by atoms with Gasteiger partial charge in [0.25, 0.3) is 0 Å². The topological polar surface area (TPSA) is 20.2 Å². The molecule has 0 heterocycles. The summed E-state index contributed by atoms with van der Waals surface area (Å²) in [6, 6.07) is 0. The van der Waals surface area contributed by atoms with Crippen LogP contribution in [0.25, 0.3) is 0 Å². The predicted molar refractivity (Wildman–Crippen MR) is 63.5 cm³/mol. The predicted octanol–water partition coefficient (Wildman–Crippen LogP) is 5.24. The van der Waals surface area contributed by atoms with Crippen LogP contribution in [0.3, 0.4) is 0 Å². The Kier molecular flexibility index (Phi) is 5.53. The largest absolute Gasteiger partial charge is 0.505 e. The number of benzene rings is 1. The summed E-state index contributed by atoms with van der Waals surface area (Å²) in [4.78, 5) is 0. The number of phenolic OH excluding ortho intramolecular Hbond substituents is 1. The molecule has 0 fully saturated rings. The number of aromatic hydroxyl groups is 1. The van der Waals surface area contributed by atoms with Crippen LogP contribution in [0.4, 0.5) is 0 Å². The van der Waals surface area contributed by atoms with E-state index in [4.69, 9.17) is 58.0 Å². The first-order chi connectivity index (χ1) is 5.46. The lowest BCUT2D eigenvalue weighted by atomic mass is 10.3. The summed E-state index contributed by atoms with van der Waals surface area (Å²) in [5, 5.41) is 9.01. The molecule has 74 valence electrons. The van der Waals surface area contributed by atoms with Gasteiger partial charge in [-0.3, -0.25) is 0 Å². The van der Waals surface area contributed by atoms with Gasteiger partial charge in [-0.25, -0.2) is 0 Å². The van der Waals surface area contributed by atoms with Crippen molar-refractivity contribution in [3.8, 4) is 5.75 Å². The second-order valence-electron chi connectivity index (χ2n) is 1.92. The molecule has 0 atom stereocenters. The van der Waals surface area contributed by atoms with Crippen LogP contribution in [0, 0.1) is 0 Å². The van der Waals surface area contributed by atoms with E-state index in [1.165, 1.54) is 0 Å². The molecule has 0 radical (unpaired) electrons. The maximum Gasteiger partial charge on any atom is 0.155 e. The van der Waals surface area contributed by atoms with Gasteiger partial charge in [0.05, 0.1) is 15.1 Å². The van der Waals surface area contributed by atoms with Crippen LogP contribution < -0.4 is 0 Å². The molecular formula is C6H2BrCl5O. The summed E-state index contributed by atoms with van der Waals surface area (Å²) in [5.41, 5.74) is 0. The Hall–Kier alpha value is 0.950. The number of rotatable bonds is 0. The van der Waals surface area contributed by atoms with Gasteiger partial charge in [0.2, 0.25) is 0 Å². The van der Waals surface area contributed by atoms with Crippen molar-refractivity contribution in [3.63, 3.8) is 0 Å². The van der Waals surface area contributed by atoms with Gasteiger partial charge in [0, 0.05) is 0 Å². The molecule has 1 rings (SSSR count). The van der Waals surface area contributed by atoms with Gasteiger partial charge in [-0.2, -0.15) is 0 Å². The van der Waals surface area contributed by atoms with Crippen LogP contribution in [0.5, 0.6) is 5.75 Å². The van der Waals surface area contributed by atoms with E-state index in [9.17, 15) is 5.11 Å². The summed E-state index contributed by atoms with van der Waals surface area (Å²) in [7, 11) is 0. The fourth-order valence-corrected chi connectivity index (χ4v) is 1.72. The summed E-state index contributed by atoms with van der Waals surface area (Å²) in [6.07, 6.45) is 0. The molecule has 0 saturated carbocycles. The second kappa shape index (κ2) is 5.15. The maximum atomic E-state index is 9.20. The number of phenols is 1. The fourth-order valence-electron chi connectivity index (χ4n) is 0.593. The fraction of sp³-hybridized carbons (Fsp3) is 0. The molecular weight excluding hydrogens is 345 g/mol. The van der Waals surface area contributed by atoms with Gasteiger partial charge >= 0.3 is 0 Å². The van der Waals surface area contributed by atoms with Crippen LogP contribution in [0.1, 0.15) is 0 Å². The molecule has 0 aromatic heterocycles. The molecule has 0 aliphatic carbocycles. The molecule has 1 aromatic rings. The van der Waals surface area contributed by atoms with E-state index in [2.05, 4.69) is 0 Å². The van der Waals surface area contributed by atoms with E-state index in [1.54, 1.807) is 0 Å². The minimum atomic E-state index is -0.363. The minimum Gasteiger partial charge on any atom is -0.505 e. The van der Waals surface area contributed by atoms with E-state index in [0.29, 0.717) is 0 Å². The van der Waals surface area contributed by atoms with Crippen LogP contribution >= 0.6 is 75.0 Å². The molecule has 0 aliphatic heterocycles. The Morgan fingerprint density at radius 2 is 0.846 bits per heavy atom. The van der Waals surface area contributed by atoms with E-state index in [-0.39, 0.29) is 47.8 Å².